The zero-order valence-electron chi connectivity index (χ0n) is 10.9. The summed E-state index contributed by atoms with van der Waals surface area (Å²) in [5.41, 5.74) is 14.0. The lowest BCUT2D eigenvalue weighted by atomic mass is 10.1. The summed E-state index contributed by atoms with van der Waals surface area (Å²) in [6, 6.07) is 0.894. The van der Waals surface area contributed by atoms with Crippen LogP contribution in [0.1, 0.15) is 20.3 Å². The Morgan fingerprint density at radius 1 is 1.58 bits per heavy atom. The van der Waals surface area contributed by atoms with Gasteiger partial charge in [-0.3, -0.25) is 4.79 Å². The number of azide groups is 1. The molecule has 0 aliphatic heterocycles. The molecule has 106 valence electrons. The first-order valence-electron chi connectivity index (χ1n) is 5.63. The molecule has 2 atom stereocenters. The summed E-state index contributed by atoms with van der Waals surface area (Å²) >= 11 is 0. The zero-order valence-corrected chi connectivity index (χ0v) is 12.5. The third kappa shape index (κ3) is 9.50. The summed E-state index contributed by atoms with van der Waals surface area (Å²) < 4.78 is 4.64. The molecule has 0 amide bonds. The van der Waals surface area contributed by atoms with Gasteiger partial charge in [-0.1, -0.05) is 40.5 Å². The minimum Gasteiger partial charge on any atom is -0.449 e. The highest BCUT2D eigenvalue weighted by molar-refractivity contribution is 8.77. The van der Waals surface area contributed by atoms with E-state index < -0.39 is 12.0 Å². The van der Waals surface area contributed by atoms with Crippen LogP contribution < -0.4 is 5.73 Å². The fraction of sp³-hybridized carbons (Fsp3) is 0.800. The van der Waals surface area contributed by atoms with Gasteiger partial charge in [-0.05, 0) is 12.0 Å². The predicted octanol–water partition coefficient (Wildman–Crippen LogP) is 2.24. The molecule has 0 radical (unpaired) electrons. The molecule has 0 aromatic rings. The molecule has 0 aromatic heterocycles. The Morgan fingerprint density at radius 2 is 2.26 bits per heavy atom. The van der Waals surface area contributed by atoms with Gasteiger partial charge in [-0.15, -0.1) is 0 Å². The molecular weight excluding hydrogens is 286 g/mol. The van der Waals surface area contributed by atoms with Crippen LogP contribution in [0.15, 0.2) is 5.11 Å². The number of esters is 1. The molecule has 0 aliphatic rings. The van der Waals surface area contributed by atoms with Gasteiger partial charge >= 0.3 is 5.97 Å². The van der Waals surface area contributed by atoms with Gasteiger partial charge in [0.1, 0.15) is 12.1 Å². The van der Waals surface area contributed by atoms with Crippen LogP contribution >= 0.6 is 21.6 Å². The van der Waals surface area contributed by atoms with Gasteiger partial charge < -0.3 is 10.5 Å². The third-order valence-corrected chi connectivity index (χ3v) is 5.25. The molecule has 0 aromatic carbocycles. The topological polar surface area (TPSA) is 125 Å². The van der Waals surface area contributed by atoms with E-state index in [1.807, 2.05) is 13.8 Å². The standard InChI is InChI=1S/C10H17N5O2S2/c1-7(2)18-19-8(6-14-15-13)5-9(12)10(16)17-4-3-11/h7-9H,4-6,12H2,1-2H3/t8?,9-/m0/s1. The van der Waals surface area contributed by atoms with Crippen molar-refractivity contribution in [3.8, 4) is 6.07 Å². The van der Waals surface area contributed by atoms with Crippen LogP contribution in [-0.2, 0) is 9.53 Å². The minimum absolute atomic E-state index is 0.0621. The zero-order chi connectivity index (χ0) is 14.7. The van der Waals surface area contributed by atoms with Gasteiger partial charge in [0.2, 0.25) is 0 Å². The molecule has 0 rings (SSSR count). The van der Waals surface area contributed by atoms with Gasteiger partial charge in [0.05, 0.1) is 0 Å². The van der Waals surface area contributed by atoms with Crippen LogP contribution in [0.4, 0.5) is 0 Å². The smallest absolute Gasteiger partial charge is 0.323 e. The molecule has 0 bridgehead atoms. The van der Waals surface area contributed by atoms with Crippen molar-refractivity contribution in [2.45, 2.75) is 36.8 Å². The number of ether oxygens (including phenoxy) is 1. The van der Waals surface area contributed by atoms with E-state index in [4.69, 9.17) is 16.5 Å². The van der Waals surface area contributed by atoms with Gasteiger partial charge in [-0.25, -0.2) is 0 Å². The molecule has 1 unspecified atom stereocenters. The highest BCUT2D eigenvalue weighted by Gasteiger charge is 2.21. The van der Waals surface area contributed by atoms with E-state index in [9.17, 15) is 4.79 Å². The average Bonchev–Trinajstić information content (AvgIpc) is 2.38. The lowest BCUT2D eigenvalue weighted by Crippen LogP contribution is -2.35. The summed E-state index contributed by atoms with van der Waals surface area (Å²) in [4.78, 5) is 14.1. The van der Waals surface area contributed by atoms with Crippen molar-refractivity contribution in [3.63, 3.8) is 0 Å². The number of hydrogen-bond acceptors (Lipinski definition) is 7. The Balaban J connectivity index is 4.31. The van der Waals surface area contributed by atoms with E-state index >= 15 is 0 Å². The van der Waals surface area contributed by atoms with Crippen LogP contribution in [-0.4, -0.2) is 35.7 Å². The van der Waals surface area contributed by atoms with Crippen molar-refractivity contribution in [2.75, 3.05) is 13.2 Å². The molecule has 7 nitrogen and oxygen atoms in total. The van der Waals surface area contributed by atoms with Crippen molar-refractivity contribution < 1.29 is 9.53 Å². The first-order chi connectivity index (χ1) is 9.01. The second-order valence-corrected chi connectivity index (χ2v) is 7.03. The van der Waals surface area contributed by atoms with Gasteiger partial charge in [0.25, 0.3) is 0 Å². The molecule has 0 saturated heterocycles. The van der Waals surface area contributed by atoms with Crippen molar-refractivity contribution in [3.05, 3.63) is 10.4 Å². The Kier molecular flexibility index (Phi) is 10.2. The van der Waals surface area contributed by atoms with Crippen molar-refractivity contribution in [2.24, 2.45) is 10.8 Å². The second kappa shape index (κ2) is 10.8. The van der Waals surface area contributed by atoms with Crippen LogP contribution in [0.25, 0.3) is 10.4 Å². The highest BCUT2D eigenvalue weighted by atomic mass is 33.1. The lowest BCUT2D eigenvalue weighted by molar-refractivity contribution is -0.143. The number of hydrogen-bond donors (Lipinski definition) is 1. The van der Waals surface area contributed by atoms with E-state index in [-0.39, 0.29) is 18.4 Å². The highest BCUT2D eigenvalue weighted by Crippen LogP contribution is 2.33. The Labute approximate surface area is 120 Å². The maximum Gasteiger partial charge on any atom is 0.323 e. The number of nitrogens with zero attached hydrogens (tertiary/aromatic N) is 4. The fourth-order valence-corrected chi connectivity index (χ4v) is 3.40. The number of nitriles is 1. The van der Waals surface area contributed by atoms with Crippen molar-refractivity contribution >= 4 is 27.6 Å². The van der Waals surface area contributed by atoms with Gasteiger partial charge in [0, 0.05) is 22.0 Å². The third-order valence-electron chi connectivity index (χ3n) is 1.83. The number of nitrogens with two attached hydrogens (primary N) is 1. The van der Waals surface area contributed by atoms with E-state index in [1.165, 1.54) is 10.8 Å². The summed E-state index contributed by atoms with van der Waals surface area (Å²) in [5, 5.41) is 12.2. The largest absolute Gasteiger partial charge is 0.449 e. The lowest BCUT2D eigenvalue weighted by Gasteiger charge is -2.18. The summed E-state index contributed by atoms with van der Waals surface area (Å²) in [6.07, 6.45) is 0.341. The fourth-order valence-electron chi connectivity index (χ4n) is 1.05. The monoisotopic (exact) mass is 303 g/mol. The first kappa shape index (κ1) is 17.9. The summed E-state index contributed by atoms with van der Waals surface area (Å²) in [6.45, 7) is 4.05. The second-order valence-electron chi connectivity index (χ2n) is 3.88. The number of rotatable bonds is 9. The first-order valence-corrected chi connectivity index (χ1v) is 7.91. The minimum atomic E-state index is -0.812. The molecular formula is C10H17N5O2S2. The number of carbonyl (C=O) groups is 1. The van der Waals surface area contributed by atoms with Crippen LogP contribution in [0.2, 0.25) is 0 Å². The summed E-state index contributed by atoms with van der Waals surface area (Å²) in [5.74, 6) is -0.609. The normalized spacial score (nSPS) is 13.2. The van der Waals surface area contributed by atoms with Crippen LogP contribution in [0, 0.1) is 11.3 Å². The predicted molar refractivity (Wildman–Crippen MR) is 77.3 cm³/mol. The molecule has 0 fully saturated rings. The molecule has 0 saturated carbocycles. The number of carbonyl (C=O) groups excluding carboxylic acids is 1. The molecule has 2 N–H and O–H groups in total. The van der Waals surface area contributed by atoms with E-state index in [0.717, 1.165) is 0 Å². The quantitative estimate of drug-likeness (QED) is 0.229. The van der Waals surface area contributed by atoms with Crippen molar-refractivity contribution in [1.29, 1.82) is 5.26 Å². The van der Waals surface area contributed by atoms with Gasteiger partial charge in [-0.2, -0.15) is 5.26 Å². The van der Waals surface area contributed by atoms with E-state index in [0.29, 0.717) is 11.7 Å². The molecule has 0 aliphatic carbocycles. The Morgan fingerprint density at radius 3 is 2.79 bits per heavy atom. The molecule has 9 heteroatoms. The summed E-state index contributed by atoms with van der Waals surface area (Å²) in [7, 11) is 3.17. The molecule has 19 heavy (non-hydrogen) atoms. The van der Waals surface area contributed by atoms with E-state index in [1.54, 1.807) is 16.9 Å². The Bertz CT molecular complexity index is 365. The maximum atomic E-state index is 11.4. The SMILES string of the molecule is CC(C)SSC(CN=[N+]=[N-])C[C@H](N)C(=O)OCC#N. The van der Waals surface area contributed by atoms with Crippen LogP contribution in [0.3, 0.4) is 0 Å². The van der Waals surface area contributed by atoms with Crippen LogP contribution in [0.5, 0.6) is 0 Å². The molecule has 0 spiro atoms. The van der Waals surface area contributed by atoms with E-state index in [2.05, 4.69) is 14.8 Å². The maximum absolute atomic E-state index is 11.4. The van der Waals surface area contributed by atoms with Gasteiger partial charge in [0.15, 0.2) is 6.61 Å². The Hall–Kier alpha value is -1.07. The van der Waals surface area contributed by atoms with Crippen molar-refractivity contribution in [1.82, 2.24) is 0 Å². The molecule has 0 heterocycles. The average molecular weight is 303 g/mol.